The SMILES string of the molecule is CC(NC1CCCCC1CO)c1cncs1. The molecule has 1 aliphatic rings. The van der Waals surface area contributed by atoms with Gasteiger partial charge in [-0.05, 0) is 25.7 Å². The molecule has 0 radical (unpaired) electrons. The molecule has 1 aromatic heterocycles. The summed E-state index contributed by atoms with van der Waals surface area (Å²) >= 11 is 1.69. The van der Waals surface area contributed by atoms with Crippen molar-refractivity contribution in [2.75, 3.05) is 6.61 Å². The molecule has 3 unspecified atom stereocenters. The van der Waals surface area contributed by atoms with Gasteiger partial charge in [-0.1, -0.05) is 12.8 Å². The van der Waals surface area contributed by atoms with Crippen molar-refractivity contribution in [1.82, 2.24) is 10.3 Å². The maximum atomic E-state index is 9.36. The summed E-state index contributed by atoms with van der Waals surface area (Å²) in [6, 6.07) is 0.820. The highest BCUT2D eigenvalue weighted by atomic mass is 32.1. The van der Waals surface area contributed by atoms with Crippen molar-refractivity contribution in [2.24, 2.45) is 5.92 Å². The van der Waals surface area contributed by atoms with Crippen LogP contribution >= 0.6 is 11.3 Å². The van der Waals surface area contributed by atoms with Crippen LogP contribution in [0.5, 0.6) is 0 Å². The summed E-state index contributed by atoms with van der Waals surface area (Å²) in [6.45, 7) is 2.49. The van der Waals surface area contributed by atoms with Gasteiger partial charge in [-0.3, -0.25) is 4.98 Å². The smallest absolute Gasteiger partial charge is 0.0794 e. The van der Waals surface area contributed by atoms with E-state index in [0.29, 0.717) is 24.6 Å². The molecule has 3 nitrogen and oxygen atoms in total. The zero-order valence-corrected chi connectivity index (χ0v) is 10.5. The molecule has 16 heavy (non-hydrogen) atoms. The lowest BCUT2D eigenvalue weighted by molar-refractivity contribution is 0.147. The molecule has 1 aromatic rings. The number of aliphatic hydroxyl groups excluding tert-OH is 1. The molecular formula is C12H20N2OS. The number of aromatic nitrogens is 1. The Morgan fingerprint density at radius 2 is 2.38 bits per heavy atom. The first-order chi connectivity index (χ1) is 7.81. The molecule has 1 fully saturated rings. The van der Waals surface area contributed by atoms with Gasteiger partial charge in [0.05, 0.1) is 5.51 Å². The van der Waals surface area contributed by atoms with E-state index in [1.54, 1.807) is 11.3 Å². The maximum absolute atomic E-state index is 9.36. The topological polar surface area (TPSA) is 45.1 Å². The Hall–Kier alpha value is -0.450. The van der Waals surface area contributed by atoms with Gasteiger partial charge >= 0.3 is 0 Å². The zero-order chi connectivity index (χ0) is 11.4. The summed E-state index contributed by atoms with van der Waals surface area (Å²) in [6.07, 6.45) is 6.82. The van der Waals surface area contributed by atoms with Gasteiger partial charge in [0.25, 0.3) is 0 Å². The standard InChI is InChI=1S/C12H20N2OS/c1-9(12-6-13-8-16-12)14-11-5-3-2-4-10(11)7-15/h6,8-11,14-15H,2-5,7H2,1H3. The second-order valence-corrected chi connectivity index (χ2v) is 5.54. The highest BCUT2D eigenvalue weighted by Gasteiger charge is 2.25. The van der Waals surface area contributed by atoms with Crippen LogP contribution in [0.4, 0.5) is 0 Å². The highest BCUT2D eigenvalue weighted by Crippen LogP contribution is 2.27. The van der Waals surface area contributed by atoms with E-state index in [0.717, 1.165) is 6.42 Å². The third kappa shape index (κ3) is 2.81. The van der Waals surface area contributed by atoms with Crippen LogP contribution in [0.25, 0.3) is 0 Å². The van der Waals surface area contributed by atoms with E-state index in [4.69, 9.17) is 0 Å². The molecule has 1 aliphatic carbocycles. The largest absolute Gasteiger partial charge is 0.396 e. The predicted octanol–water partition coefficient (Wildman–Crippen LogP) is 2.34. The van der Waals surface area contributed by atoms with Crippen molar-refractivity contribution in [1.29, 1.82) is 0 Å². The van der Waals surface area contributed by atoms with Crippen LogP contribution < -0.4 is 5.32 Å². The minimum absolute atomic E-state index is 0.313. The van der Waals surface area contributed by atoms with Crippen LogP contribution in [0.2, 0.25) is 0 Å². The summed E-state index contributed by atoms with van der Waals surface area (Å²) in [5.74, 6) is 0.434. The van der Waals surface area contributed by atoms with E-state index in [1.807, 2.05) is 11.7 Å². The summed E-state index contributed by atoms with van der Waals surface area (Å²) in [5, 5.41) is 13.0. The Morgan fingerprint density at radius 1 is 1.56 bits per heavy atom. The molecule has 0 aliphatic heterocycles. The normalized spacial score (nSPS) is 27.9. The molecule has 0 saturated heterocycles. The van der Waals surface area contributed by atoms with Gasteiger partial charge in [-0.25, -0.2) is 0 Å². The molecule has 0 amide bonds. The lowest BCUT2D eigenvalue weighted by Gasteiger charge is -2.33. The van der Waals surface area contributed by atoms with Crippen molar-refractivity contribution < 1.29 is 5.11 Å². The van der Waals surface area contributed by atoms with Crippen LogP contribution in [0.3, 0.4) is 0 Å². The van der Waals surface area contributed by atoms with E-state index in [9.17, 15) is 5.11 Å². The van der Waals surface area contributed by atoms with Crippen molar-refractivity contribution in [3.05, 3.63) is 16.6 Å². The van der Waals surface area contributed by atoms with Gasteiger partial charge < -0.3 is 10.4 Å². The number of hydrogen-bond acceptors (Lipinski definition) is 4. The Balaban J connectivity index is 1.92. The van der Waals surface area contributed by atoms with Crippen LogP contribution in [0, 0.1) is 5.92 Å². The minimum atomic E-state index is 0.313. The first-order valence-corrected chi connectivity index (χ1v) is 6.94. The second-order valence-electron chi connectivity index (χ2n) is 4.63. The third-order valence-electron chi connectivity index (χ3n) is 3.49. The monoisotopic (exact) mass is 240 g/mol. The maximum Gasteiger partial charge on any atom is 0.0794 e. The van der Waals surface area contributed by atoms with E-state index in [1.165, 1.54) is 24.1 Å². The van der Waals surface area contributed by atoms with E-state index < -0.39 is 0 Å². The average molecular weight is 240 g/mol. The van der Waals surface area contributed by atoms with Gasteiger partial charge in [-0.15, -0.1) is 11.3 Å². The van der Waals surface area contributed by atoms with Gasteiger partial charge in [-0.2, -0.15) is 0 Å². The fourth-order valence-electron chi connectivity index (χ4n) is 2.49. The van der Waals surface area contributed by atoms with Crippen molar-refractivity contribution >= 4 is 11.3 Å². The Kier molecular flexibility index (Phi) is 4.32. The number of thiazole rings is 1. The zero-order valence-electron chi connectivity index (χ0n) is 9.72. The fourth-order valence-corrected chi connectivity index (χ4v) is 3.13. The molecular weight excluding hydrogens is 220 g/mol. The molecule has 4 heteroatoms. The van der Waals surface area contributed by atoms with Crippen LogP contribution in [0.15, 0.2) is 11.7 Å². The van der Waals surface area contributed by atoms with Crippen molar-refractivity contribution in [3.63, 3.8) is 0 Å². The Morgan fingerprint density at radius 3 is 3.06 bits per heavy atom. The molecule has 0 spiro atoms. The quantitative estimate of drug-likeness (QED) is 0.849. The highest BCUT2D eigenvalue weighted by molar-refractivity contribution is 7.09. The fraction of sp³-hybridized carbons (Fsp3) is 0.750. The van der Waals surface area contributed by atoms with Gasteiger partial charge in [0, 0.05) is 29.8 Å². The molecule has 2 N–H and O–H groups in total. The van der Waals surface area contributed by atoms with E-state index >= 15 is 0 Å². The van der Waals surface area contributed by atoms with Crippen molar-refractivity contribution in [2.45, 2.75) is 44.7 Å². The van der Waals surface area contributed by atoms with Crippen molar-refractivity contribution in [3.8, 4) is 0 Å². The molecule has 0 aromatic carbocycles. The summed E-state index contributed by atoms with van der Waals surface area (Å²) in [7, 11) is 0. The van der Waals surface area contributed by atoms with Crippen LogP contribution in [0.1, 0.15) is 43.5 Å². The first-order valence-electron chi connectivity index (χ1n) is 6.06. The number of nitrogens with one attached hydrogen (secondary N) is 1. The lowest BCUT2D eigenvalue weighted by Crippen LogP contribution is -2.41. The Bertz CT molecular complexity index is 302. The molecule has 2 rings (SSSR count). The second kappa shape index (κ2) is 5.75. The number of nitrogens with zero attached hydrogens (tertiary/aromatic N) is 1. The molecule has 1 saturated carbocycles. The van der Waals surface area contributed by atoms with Gasteiger partial charge in [0.2, 0.25) is 0 Å². The van der Waals surface area contributed by atoms with E-state index in [-0.39, 0.29) is 0 Å². The summed E-state index contributed by atoms with van der Waals surface area (Å²) < 4.78 is 0. The first kappa shape index (κ1) is 12.0. The number of aliphatic hydroxyl groups is 1. The van der Waals surface area contributed by atoms with Gasteiger partial charge in [0.15, 0.2) is 0 Å². The summed E-state index contributed by atoms with van der Waals surface area (Å²) in [4.78, 5) is 5.38. The average Bonchev–Trinajstić information content (AvgIpc) is 2.83. The molecule has 0 bridgehead atoms. The molecule has 1 heterocycles. The molecule has 90 valence electrons. The third-order valence-corrected chi connectivity index (χ3v) is 4.44. The van der Waals surface area contributed by atoms with Gasteiger partial charge in [0.1, 0.15) is 0 Å². The van der Waals surface area contributed by atoms with Crippen LogP contribution in [-0.4, -0.2) is 22.7 Å². The summed E-state index contributed by atoms with van der Waals surface area (Å²) in [5.41, 5.74) is 1.87. The number of rotatable bonds is 4. The Labute approximate surface area is 101 Å². The van der Waals surface area contributed by atoms with Crippen LogP contribution in [-0.2, 0) is 0 Å². The molecule has 3 atom stereocenters. The lowest BCUT2D eigenvalue weighted by atomic mass is 9.84. The predicted molar refractivity (Wildman–Crippen MR) is 66.5 cm³/mol. The minimum Gasteiger partial charge on any atom is -0.396 e. The van der Waals surface area contributed by atoms with E-state index in [2.05, 4.69) is 17.2 Å². The number of hydrogen-bond donors (Lipinski definition) is 2.